The molecule has 3 unspecified atom stereocenters. The third kappa shape index (κ3) is 3.23. The van der Waals surface area contributed by atoms with Crippen LogP contribution < -0.4 is 0 Å². The molecule has 1 aliphatic heterocycles. The standard InChI is InChI=1S/C14H20ClNO2/c1-10(17)11-6-7-16(8-11)9-14(18)12-4-2-3-5-13(12)15/h2-5,10-11,14,17-18H,6-9H2,1H3. The van der Waals surface area contributed by atoms with E-state index in [0.29, 0.717) is 17.5 Å². The fraction of sp³-hybridized carbons (Fsp3) is 0.571. The van der Waals surface area contributed by atoms with Crippen LogP contribution in [0.4, 0.5) is 0 Å². The molecule has 0 amide bonds. The molecule has 1 aromatic rings. The van der Waals surface area contributed by atoms with Gasteiger partial charge in [0.15, 0.2) is 0 Å². The molecule has 0 radical (unpaired) electrons. The average molecular weight is 270 g/mol. The van der Waals surface area contributed by atoms with Gasteiger partial charge in [0.25, 0.3) is 0 Å². The average Bonchev–Trinajstić information content (AvgIpc) is 2.78. The molecule has 1 saturated heterocycles. The number of aliphatic hydroxyl groups is 2. The van der Waals surface area contributed by atoms with E-state index < -0.39 is 6.10 Å². The zero-order valence-electron chi connectivity index (χ0n) is 10.6. The van der Waals surface area contributed by atoms with Crippen LogP contribution in [0.1, 0.15) is 25.0 Å². The quantitative estimate of drug-likeness (QED) is 0.880. The summed E-state index contributed by atoms with van der Waals surface area (Å²) in [7, 11) is 0. The first kappa shape index (κ1) is 13.8. The van der Waals surface area contributed by atoms with E-state index in [1.165, 1.54) is 0 Å². The smallest absolute Gasteiger partial charge is 0.0931 e. The Kier molecular flexibility index (Phi) is 4.62. The van der Waals surface area contributed by atoms with Crippen molar-refractivity contribution in [1.82, 2.24) is 4.90 Å². The van der Waals surface area contributed by atoms with Crippen molar-refractivity contribution in [2.24, 2.45) is 5.92 Å². The Morgan fingerprint density at radius 3 is 2.72 bits per heavy atom. The van der Waals surface area contributed by atoms with Crippen molar-refractivity contribution in [1.29, 1.82) is 0 Å². The van der Waals surface area contributed by atoms with E-state index in [9.17, 15) is 10.2 Å². The highest BCUT2D eigenvalue weighted by atomic mass is 35.5. The van der Waals surface area contributed by atoms with Crippen molar-refractivity contribution < 1.29 is 10.2 Å². The van der Waals surface area contributed by atoms with Crippen molar-refractivity contribution in [3.63, 3.8) is 0 Å². The lowest BCUT2D eigenvalue weighted by atomic mass is 10.0. The third-order valence-corrected chi connectivity index (χ3v) is 4.03. The minimum Gasteiger partial charge on any atom is -0.393 e. The maximum atomic E-state index is 10.2. The minimum atomic E-state index is -0.563. The molecule has 18 heavy (non-hydrogen) atoms. The van der Waals surface area contributed by atoms with Crippen LogP contribution in [0.2, 0.25) is 5.02 Å². The van der Waals surface area contributed by atoms with Gasteiger partial charge in [0.1, 0.15) is 0 Å². The third-order valence-electron chi connectivity index (χ3n) is 3.69. The summed E-state index contributed by atoms with van der Waals surface area (Å²) in [6.45, 7) is 4.18. The lowest BCUT2D eigenvalue weighted by Crippen LogP contribution is -2.28. The van der Waals surface area contributed by atoms with Crippen LogP contribution in [0.25, 0.3) is 0 Å². The Labute approximate surface area is 113 Å². The normalized spacial score (nSPS) is 24.1. The Morgan fingerprint density at radius 2 is 2.11 bits per heavy atom. The van der Waals surface area contributed by atoms with Crippen molar-refractivity contribution >= 4 is 11.6 Å². The lowest BCUT2D eigenvalue weighted by Gasteiger charge is -2.21. The van der Waals surface area contributed by atoms with Gasteiger partial charge in [-0.3, -0.25) is 0 Å². The van der Waals surface area contributed by atoms with Crippen molar-refractivity contribution in [3.05, 3.63) is 34.9 Å². The fourth-order valence-electron chi connectivity index (χ4n) is 2.51. The van der Waals surface area contributed by atoms with E-state index in [2.05, 4.69) is 4.90 Å². The maximum Gasteiger partial charge on any atom is 0.0931 e. The number of likely N-dealkylation sites (tertiary alicyclic amines) is 1. The van der Waals surface area contributed by atoms with Gasteiger partial charge in [0.05, 0.1) is 12.2 Å². The molecule has 1 heterocycles. The van der Waals surface area contributed by atoms with Crippen LogP contribution in [0.5, 0.6) is 0 Å². The van der Waals surface area contributed by atoms with Gasteiger partial charge in [-0.05, 0) is 31.9 Å². The van der Waals surface area contributed by atoms with Gasteiger partial charge >= 0.3 is 0 Å². The minimum absolute atomic E-state index is 0.271. The Bertz CT molecular complexity index is 397. The van der Waals surface area contributed by atoms with E-state index in [4.69, 9.17) is 11.6 Å². The molecule has 0 saturated carbocycles. The summed E-state index contributed by atoms with van der Waals surface area (Å²) in [6, 6.07) is 7.39. The van der Waals surface area contributed by atoms with Gasteiger partial charge in [0.2, 0.25) is 0 Å². The zero-order valence-corrected chi connectivity index (χ0v) is 11.3. The highest BCUT2D eigenvalue weighted by Gasteiger charge is 2.27. The number of benzene rings is 1. The number of β-amino-alcohol motifs (C(OH)–C–C–N with tert-alkyl or cyclic N) is 1. The van der Waals surface area contributed by atoms with E-state index >= 15 is 0 Å². The summed E-state index contributed by atoms with van der Waals surface area (Å²) < 4.78 is 0. The predicted octanol–water partition coefficient (Wildman–Crippen LogP) is 2.08. The molecule has 0 aromatic heterocycles. The van der Waals surface area contributed by atoms with Crippen LogP contribution >= 0.6 is 11.6 Å². The molecule has 3 atom stereocenters. The van der Waals surface area contributed by atoms with E-state index in [1.807, 2.05) is 25.1 Å². The molecule has 0 spiro atoms. The van der Waals surface area contributed by atoms with Crippen LogP contribution in [0.15, 0.2) is 24.3 Å². The molecule has 4 heteroatoms. The maximum absolute atomic E-state index is 10.2. The van der Waals surface area contributed by atoms with Crippen LogP contribution in [-0.4, -0.2) is 40.9 Å². The summed E-state index contributed by atoms with van der Waals surface area (Å²) in [5.41, 5.74) is 0.777. The predicted molar refractivity (Wildman–Crippen MR) is 72.6 cm³/mol. The van der Waals surface area contributed by atoms with Crippen molar-refractivity contribution in [3.8, 4) is 0 Å². The summed E-state index contributed by atoms with van der Waals surface area (Å²) in [4.78, 5) is 2.19. The SMILES string of the molecule is CC(O)C1CCN(CC(O)c2ccccc2Cl)C1. The summed E-state index contributed by atoms with van der Waals surface area (Å²) >= 11 is 6.07. The van der Waals surface area contributed by atoms with Gasteiger partial charge in [-0.15, -0.1) is 0 Å². The second-order valence-electron chi connectivity index (χ2n) is 5.09. The lowest BCUT2D eigenvalue weighted by molar-refractivity contribution is 0.105. The number of hydrogen-bond acceptors (Lipinski definition) is 3. The van der Waals surface area contributed by atoms with Gasteiger partial charge in [-0.2, -0.15) is 0 Å². The summed E-state index contributed by atoms with van der Waals surface area (Å²) in [5.74, 6) is 0.323. The Morgan fingerprint density at radius 1 is 1.39 bits per heavy atom. The molecule has 2 rings (SSSR count). The number of nitrogens with zero attached hydrogens (tertiary/aromatic N) is 1. The molecule has 1 fully saturated rings. The summed E-state index contributed by atoms with van der Waals surface area (Å²) in [6.07, 6.45) is 0.159. The molecule has 0 aliphatic carbocycles. The van der Waals surface area contributed by atoms with Gasteiger partial charge in [0, 0.05) is 23.7 Å². The van der Waals surface area contributed by atoms with Crippen LogP contribution in [-0.2, 0) is 0 Å². The molecule has 100 valence electrons. The monoisotopic (exact) mass is 269 g/mol. The molecular formula is C14H20ClNO2. The van der Waals surface area contributed by atoms with E-state index in [0.717, 1.165) is 25.1 Å². The topological polar surface area (TPSA) is 43.7 Å². The summed E-state index contributed by atoms with van der Waals surface area (Å²) in [5, 5.41) is 20.4. The number of rotatable bonds is 4. The van der Waals surface area contributed by atoms with Gasteiger partial charge in [-0.25, -0.2) is 0 Å². The molecule has 1 aliphatic rings. The first-order chi connectivity index (χ1) is 8.58. The number of aliphatic hydroxyl groups excluding tert-OH is 2. The highest BCUT2D eigenvalue weighted by Crippen LogP contribution is 2.26. The Hall–Kier alpha value is -0.610. The highest BCUT2D eigenvalue weighted by molar-refractivity contribution is 6.31. The van der Waals surface area contributed by atoms with E-state index in [-0.39, 0.29) is 6.10 Å². The molecule has 1 aromatic carbocycles. The zero-order chi connectivity index (χ0) is 13.1. The molecular weight excluding hydrogens is 250 g/mol. The van der Waals surface area contributed by atoms with Crippen molar-refractivity contribution in [2.75, 3.05) is 19.6 Å². The number of halogens is 1. The first-order valence-corrected chi connectivity index (χ1v) is 6.78. The largest absolute Gasteiger partial charge is 0.393 e. The molecule has 0 bridgehead atoms. The number of hydrogen-bond donors (Lipinski definition) is 2. The second kappa shape index (κ2) is 6.02. The molecule has 3 nitrogen and oxygen atoms in total. The Balaban J connectivity index is 1.93. The first-order valence-electron chi connectivity index (χ1n) is 6.41. The van der Waals surface area contributed by atoms with Gasteiger partial charge < -0.3 is 15.1 Å². The van der Waals surface area contributed by atoms with E-state index in [1.54, 1.807) is 6.07 Å². The van der Waals surface area contributed by atoms with Gasteiger partial charge in [-0.1, -0.05) is 29.8 Å². The molecule has 2 N–H and O–H groups in total. The van der Waals surface area contributed by atoms with Crippen molar-refractivity contribution in [2.45, 2.75) is 25.6 Å². The van der Waals surface area contributed by atoms with Crippen LogP contribution in [0, 0.1) is 5.92 Å². The van der Waals surface area contributed by atoms with Crippen LogP contribution in [0.3, 0.4) is 0 Å². The fourth-order valence-corrected chi connectivity index (χ4v) is 2.77. The second-order valence-corrected chi connectivity index (χ2v) is 5.49.